The summed E-state index contributed by atoms with van der Waals surface area (Å²) in [6.45, 7) is 1.78. The smallest absolute Gasteiger partial charge is 0.145 e. The molecule has 1 heterocycles. The monoisotopic (exact) mass is 247 g/mol. The summed E-state index contributed by atoms with van der Waals surface area (Å²) in [7, 11) is 1.84. The molecule has 0 aliphatic heterocycles. The van der Waals surface area contributed by atoms with Crippen LogP contribution in [0.25, 0.3) is 0 Å². The first-order valence-electron chi connectivity index (χ1n) is 5.42. The van der Waals surface area contributed by atoms with Gasteiger partial charge in [0.15, 0.2) is 0 Å². The van der Waals surface area contributed by atoms with Crippen LogP contribution in [0.4, 0.5) is 21.7 Å². The normalized spacial score (nSPS) is 10.2. The number of benzene rings is 1. The molecule has 18 heavy (non-hydrogen) atoms. The molecule has 0 fully saturated rings. The molecular formula is C12H14FN5. The highest BCUT2D eigenvalue weighted by molar-refractivity contribution is 5.61. The molecule has 94 valence electrons. The van der Waals surface area contributed by atoms with E-state index in [1.807, 2.05) is 11.9 Å². The third kappa shape index (κ3) is 2.54. The van der Waals surface area contributed by atoms with Crippen molar-refractivity contribution in [2.75, 3.05) is 17.4 Å². The second-order valence-electron chi connectivity index (χ2n) is 3.84. The maximum atomic E-state index is 12.9. The second-order valence-corrected chi connectivity index (χ2v) is 3.84. The lowest BCUT2D eigenvalue weighted by atomic mass is 10.3. The fraction of sp³-hybridized carbons (Fsp3) is 0.167. The number of halogens is 1. The number of nitrogens with one attached hydrogen (secondary N) is 1. The van der Waals surface area contributed by atoms with Crippen molar-refractivity contribution in [3.05, 3.63) is 42.0 Å². The van der Waals surface area contributed by atoms with Crippen molar-refractivity contribution >= 4 is 17.3 Å². The first-order valence-corrected chi connectivity index (χ1v) is 5.42. The molecule has 2 aromatic rings. The van der Waals surface area contributed by atoms with E-state index in [0.717, 1.165) is 5.69 Å². The van der Waals surface area contributed by atoms with Gasteiger partial charge in [-0.05, 0) is 31.2 Å². The molecule has 1 aromatic carbocycles. The van der Waals surface area contributed by atoms with E-state index in [1.54, 1.807) is 25.1 Å². The van der Waals surface area contributed by atoms with Gasteiger partial charge in [-0.1, -0.05) is 0 Å². The summed E-state index contributed by atoms with van der Waals surface area (Å²) in [6.07, 6.45) is 0. The van der Waals surface area contributed by atoms with Crippen molar-refractivity contribution in [1.29, 1.82) is 0 Å². The summed E-state index contributed by atoms with van der Waals surface area (Å²) in [5.41, 5.74) is 3.32. The lowest BCUT2D eigenvalue weighted by Crippen LogP contribution is -2.15. The van der Waals surface area contributed by atoms with E-state index in [1.165, 1.54) is 12.1 Å². The number of aromatic nitrogens is 2. The molecule has 0 saturated carbocycles. The van der Waals surface area contributed by atoms with E-state index >= 15 is 0 Å². The van der Waals surface area contributed by atoms with Crippen molar-refractivity contribution in [3.63, 3.8) is 0 Å². The Hall–Kier alpha value is -2.21. The van der Waals surface area contributed by atoms with Gasteiger partial charge in [-0.25, -0.2) is 20.2 Å². The van der Waals surface area contributed by atoms with Crippen LogP contribution in [0.1, 0.15) is 5.82 Å². The van der Waals surface area contributed by atoms with Crippen LogP contribution in [0.3, 0.4) is 0 Å². The van der Waals surface area contributed by atoms with Gasteiger partial charge >= 0.3 is 0 Å². The number of aryl methyl sites for hydroxylation is 1. The third-order valence-corrected chi connectivity index (χ3v) is 2.53. The van der Waals surface area contributed by atoms with E-state index in [0.29, 0.717) is 17.5 Å². The van der Waals surface area contributed by atoms with Crippen molar-refractivity contribution in [1.82, 2.24) is 9.97 Å². The van der Waals surface area contributed by atoms with Gasteiger partial charge in [0, 0.05) is 18.8 Å². The Balaban J connectivity index is 2.35. The minimum absolute atomic E-state index is 0.268. The summed E-state index contributed by atoms with van der Waals surface area (Å²) in [5, 5.41) is 0. The third-order valence-electron chi connectivity index (χ3n) is 2.53. The standard InChI is InChI=1S/C12H14FN5/c1-8-15-11(17-14)7-12(16-8)18(2)10-5-3-9(13)4-6-10/h3-7H,14H2,1-2H3,(H,15,16,17). The molecule has 5 nitrogen and oxygen atoms in total. The molecule has 0 saturated heterocycles. The van der Waals surface area contributed by atoms with E-state index < -0.39 is 0 Å². The van der Waals surface area contributed by atoms with Crippen LogP contribution in [-0.4, -0.2) is 17.0 Å². The van der Waals surface area contributed by atoms with Crippen molar-refractivity contribution in [2.24, 2.45) is 5.84 Å². The first-order chi connectivity index (χ1) is 8.60. The van der Waals surface area contributed by atoms with Gasteiger partial charge in [-0.15, -0.1) is 0 Å². The van der Waals surface area contributed by atoms with Crippen LogP contribution in [0.2, 0.25) is 0 Å². The minimum atomic E-state index is -0.268. The summed E-state index contributed by atoms with van der Waals surface area (Å²) in [5.74, 6) is 6.89. The fourth-order valence-corrected chi connectivity index (χ4v) is 1.59. The van der Waals surface area contributed by atoms with E-state index in [-0.39, 0.29) is 5.82 Å². The van der Waals surface area contributed by atoms with Crippen LogP contribution in [0, 0.1) is 12.7 Å². The Morgan fingerprint density at radius 3 is 2.50 bits per heavy atom. The Morgan fingerprint density at radius 1 is 1.22 bits per heavy atom. The Bertz CT molecular complexity index is 541. The lowest BCUT2D eigenvalue weighted by Gasteiger charge is -2.19. The second kappa shape index (κ2) is 4.97. The number of nitrogen functional groups attached to an aromatic ring is 1. The van der Waals surface area contributed by atoms with Crippen molar-refractivity contribution < 1.29 is 4.39 Å². The summed E-state index contributed by atoms with van der Waals surface area (Å²) >= 11 is 0. The van der Waals surface area contributed by atoms with Gasteiger partial charge in [0.1, 0.15) is 23.3 Å². The van der Waals surface area contributed by atoms with E-state index in [4.69, 9.17) is 5.84 Å². The van der Waals surface area contributed by atoms with Crippen LogP contribution in [0.5, 0.6) is 0 Å². The maximum Gasteiger partial charge on any atom is 0.145 e. The zero-order chi connectivity index (χ0) is 13.1. The molecule has 0 unspecified atom stereocenters. The number of rotatable bonds is 3. The summed E-state index contributed by atoms with van der Waals surface area (Å²) in [6, 6.07) is 7.89. The molecule has 2 rings (SSSR count). The topological polar surface area (TPSA) is 67.1 Å². The van der Waals surface area contributed by atoms with Crippen molar-refractivity contribution in [3.8, 4) is 0 Å². The lowest BCUT2D eigenvalue weighted by molar-refractivity contribution is 0.628. The molecule has 1 aromatic heterocycles. The SMILES string of the molecule is Cc1nc(NN)cc(N(C)c2ccc(F)cc2)n1. The summed E-state index contributed by atoms with van der Waals surface area (Å²) < 4.78 is 12.9. The molecule has 0 amide bonds. The van der Waals surface area contributed by atoms with Gasteiger partial charge in [0.05, 0.1) is 0 Å². The number of hydrazine groups is 1. The van der Waals surface area contributed by atoms with Crippen LogP contribution < -0.4 is 16.2 Å². The Labute approximate surface area is 104 Å². The van der Waals surface area contributed by atoms with Crippen LogP contribution in [-0.2, 0) is 0 Å². The number of anilines is 3. The Morgan fingerprint density at radius 2 is 1.89 bits per heavy atom. The largest absolute Gasteiger partial charge is 0.329 e. The molecule has 6 heteroatoms. The molecule has 0 bridgehead atoms. The number of nitrogens with two attached hydrogens (primary N) is 1. The van der Waals surface area contributed by atoms with Gasteiger partial charge in [-0.2, -0.15) is 0 Å². The maximum absolute atomic E-state index is 12.9. The van der Waals surface area contributed by atoms with Gasteiger partial charge in [-0.3, -0.25) is 0 Å². The average Bonchev–Trinajstić information content (AvgIpc) is 2.38. The summed E-state index contributed by atoms with van der Waals surface area (Å²) in [4.78, 5) is 10.2. The van der Waals surface area contributed by atoms with Crippen molar-refractivity contribution in [2.45, 2.75) is 6.92 Å². The predicted molar refractivity (Wildman–Crippen MR) is 69.0 cm³/mol. The molecule has 0 aliphatic rings. The Kier molecular flexibility index (Phi) is 3.38. The molecule has 0 atom stereocenters. The van der Waals surface area contributed by atoms with Crippen LogP contribution in [0.15, 0.2) is 30.3 Å². The zero-order valence-corrected chi connectivity index (χ0v) is 10.2. The average molecular weight is 247 g/mol. The number of hydrogen-bond donors (Lipinski definition) is 2. The number of hydrogen-bond acceptors (Lipinski definition) is 5. The molecule has 0 radical (unpaired) electrons. The molecule has 3 N–H and O–H groups in total. The van der Waals surface area contributed by atoms with E-state index in [9.17, 15) is 4.39 Å². The molecule has 0 spiro atoms. The van der Waals surface area contributed by atoms with Crippen LogP contribution >= 0.6 is 0 Å². The number of nitrogens with zero attached hydrogens (tertiary/aromatic N) is 3. The zero-order valence-electron chi connectivity index (χ0n) is 10.2. The quantitative estimate of drug-likeness (QED) is 0.641. The van der Waals surface area contributed by atoms with Gasteiger partial charge < -0.3 is 10.3 Å². The molecule has 0 aliphatic carbocycles. The molecular weight excluding hydrogens is 233 g/mol. The highest BCUT2D eigenvalue weighted by atomic mass is 19.1. The predicted octanol–water partition coefficient (Wildman–Crippen LogP) is 1.98. The highest BCUT2D eigenvalue weighted by Gasteiger charge is 2.08. The van der Waals surface area contributed by atoms with Gasteiger partial charge in [0.2, 0.25) is 0 Å². The minimum Gasteiger partial charge on any atom is -0.329 e. The van der Waals surface area contributed by atoms with Gasteiger partial charge in [0.25, 0.3) is 0 Å². The highest BCUT2D eigenvalue weighted by Crippen LogP contribution is 2.23. The van der Waals surface area contributed by atoms with E-state index in [2.05, 4.69) is 15.4 Å². The first kappa shape index (κ1) is 12.3. The fourth-order valence-electron chi connectivity index (χ4n) is 1.59.